The number of nitrogens with zero attached hydrogens (tertiary/aromatic N) is 1. The first-order valence-electron chi connectivity index (χ1n) is 8.09. The van der Waals surface area contributed by atoms with Crippen LogP contribution >= 0.6 is 24.0 Å². The number of carbonyl (C=O) groups is 1. The minimum Gasteiger partial charge on any atom is -0.493 e. The van der Waals surface area contributed by atoms with Crippen LogP contribution in [-0.2, 0) is 4.79 Å². The van der Waals surface area contributed by atoms with Gasteiger partial charge >= 0.3 is 0 Å². The fourth-order valence-electron chi connectivity index (χ4n) is 2.79. The van der Waals surface area contributed by atoms with Crippen molar-refractivity contribution >= 4 is 40.3 Å². The molecule has 1 amide bonds. The molecule has 2 aromatic carbocycles. The van der Waals surface area contributed by atoms with Crippen LogP contribution in [0.1, 0.15) is 24.1 Å². The Bertz CT molecular complexity index is 865. The lowest BCUT2D eigenvalue weighted by Crippen LogP contribution is -2.30. The fourth-order valence-corrected chi connectivity index (χ4v) is 4.21. The summed E-state index contributed by atoms with van der Waals surface area (Å²) in [6, 6.07) is 15.3. The highest BCUT2D eigenvalue weighted by Gasteiger charge is 2.35. The summed E-state index contributed by atoms with van der Waals surface area (Å²) in [6.45, 7) is 1.99. The maximum absolute atomic E-state index is 12.9. The molecule has 0 aliphatic carbocycles. The summed E-state index contributed by atoms with van der Waals surface area (Å²) in [7, 11) is 3.18. The maximum Gasteiger partial charge on any atom is 0.266 e. The van der Waals surface area contributed by atoms with E-state index in [1.807, 2.05) is 61.5 Å². The first kappa shape index (κ1) is 18.5. The topological polar surface area (TPSA) is 38.8 Å². The molecule has 0 saturated carbocycles. The Kier molecular flexibility index (Phi) is 5.64. The monoisotopic (exact) mass is 385 g/mol. The summed E-state index contributed by atoms with van der Waals surface area (Å²) < 4.78 is 11.1. The standard InChI is InChI=1S/C20H19NO3S2/c1-13(15-7-5-4-6-8-15)21-19(22)18(26-20(21)25)12-14-9-10-16(23-2)17(11-14)24-3/h4-13H,1-3H3/b18-12-/t13-/m0/s1. The Morgan fingerprint density at radius 1 is 1.08 bits per heavy atom. The van der Waals surface area contributed by atoms with Gasteiger partial charge in [0.2, 0.25) is 0 Å². The van der Waals surface area contributed by atoms with Gasteiger partial charge in [-0.2, -0.15) is 0 Å². The third-order valence-electron chi connectivity index (χ3n) is 4.20. The van der Waals surface area contributed by atoms with E-state index in [1.165, 1.54) is 11.8 Å². The van der Waals surface area contributed by atoms with Crippen LogP contribution in [0.15, 0.2) is 53.4 Å². The molecule has 0 spiro atoms. The lowest BCUT2D eigenvalue weighted by molar-refractivity contribution is -0.123. The van der Waals surface area contributed by atoms with Crippen molar-refractivity contribution in [3.63, 3.8) is 0 Å². The highest BCUT2D eigenvalue weighted by atomic mass is 32.2. The van der Waals surface area contributed by atoms with Gasteiger partial charge in [-0.1, -0.05) is 60.4 Å². The van der Waals surface area contributed by atoms with Crippen molar-refractivity contribution < 1.29 is 14.3 Å². The van der Waals surface area contributed by atoms with E-state index in [1.54, 1.807) is 19.1 Å². The quantitative estimate of drug-likeness (QED) is 0.553. The lowest BCUT2D eigenvalue weighted by atomic mass is 10.1. The van der Waals surface area contributed by atoms with Crippen LogP contribution < -0.4 is 9.47 Å². The largest absolute Gasteiger partial charge is 0.493 e. The van der Waals surface area contributed by atoms with Crippen molar-refractivity contribution in [1.82, 2.24) is 4.90 Å². The third kappa shape index (κ3) is 3.61. The lowest BCUT2D eigenvalue weighted by Gasteiger charge is -2.23. The first-order valence-corrected chi connectivity index (χ1v) is 9.31. The average molecular weight is 386 g/mol. The van der Waals surface area contributed by atoms with E-state index in [4.69, 9.17) is 21.7 Å². The Morgan fingerprint density at radius 3 is 2.42 bits per heavy atom. The summed E-state index contributed by atoms with van der Waals surface area (Å²) >= 11 is 6.78. The van der Waals surface area contributed by atoms with Crippen molar-refractivity contribution in [2.24, 2.45) is 0 Å². The zero-order valence-electron chi connectivity index (χ0n) is 14.8. The van der Waals surface area contributed by atoms with Crippen LogP contribution in [-0.4, -0.2) is 29.3 Å². The molecule has 3 rings (SSSR count). The number of benzene rings is 2. The SMILES string of the molecule is COc1ccc(/C=C2\SC(=S)N([C@@H](C)c3ccccc3)C2=O)cc1OC. The van der Waals surface area contributed by atoms with Gasteiger partial charge in [-0.3, -0.25) is 9.69 Å². The van der Waals surface area contributed by atoms with Crippen LogP contribution in [0.3, 0.4) is 0 Å². The molecule has 0 N–H and O–H groups in total. The number of thioether (sulfide) groups is 1. The molecule has 0 radical (unpaired) electrons. The number of hydrogen-bond acceptors (Lipinski definition) is 5. The van der Waals surface area contributed by atoms with Crippen LogP contribution in [0.4, 0.5) is 0 Å². The number of carbonyl (C=O) groups excluding carboxylic acids is 1. The van der Waals surface area contributed by atoms with Crippen molar-refractivity contribution in [1.29, 1.82) is 0 Å². The number of rotatable bonds is 5. The van der Waals surface area contributed by atoms with E-state index in [0.717, 1.165) is 11.1 Å². The number of ether oxygens (including phenoxy) is 2. The van der Waals surface area contributed by atoms with Gasteiger partial charge in [0, 0.05) is 0 Å². The average Bonchev–Trinajstić information content (AvgIpc) is 2.95. The van der Waals surface area contributed by atoms with Gasteiger partial charge in [0.25, 0.3) is 5.91 Å². The molecule has 1 fully saturated rings. The molecule has 0 aromatic heterocycles. The molecule has 1 heterocycles. The summed E-state index contributed by atoms with van der Waals surface area (Å²) in [5, 5.41) is 0. The van der Waals surface area contributed by atoms with Gasteiger partial charge in [0.05, 0.1) is 25.2 Å². The number of hydrogen-bond donors (Lipinski definition) is 0. The molecule has 0 unspecified atom stereocenters. The predicted octanol–water partition coefficient (Wildman–Crippen LogP) is 4.67. The highest BCUT2D eigenvalue weighted by molar-refractivity contribution is 8.26. The number of methoxy groups -OCH3 is 2. The number of thiocarbonyl (C=S) groups is 1. The van der Waals surface area contributed by atoms with E-state index in [0.29, 0.717) is 20.7 Å². The van der Waals surface area contributed by atoms with Crippen LogP contribution in [0, 0.1) is 0 Å². The Balaban J connectivity index is 1.88. The second-order valence-electron chi connectivity index (χ2n) is 5.75. The van der Waals surface area contributed by atoms with Crippen LogP contribution in [0.25, 0.3) is 6.08 Å². The predicted molar refractivity (Wildman–Crippen MR) is 109 cm³/mol. The van der Waals surface area contributed by atoms with Gasteiger partial charge in [0.15, 0.2) is 11.5 Å². The number of amides is 1. The molecule has 6 heteroatoms. The van der Waals surface area contributed by atoms with Gasteiger partial charge in [-0.05, 0) is 36.3 Å². The summed E-state index contributed by atoms with van der Waals surface area (Å²) in [5.41, 5.74) is 1.91. The van der Waals surface area contributed by atoms with Crippen LogP contribution in [0.5, 0.6) is 11.5 Å². The van der Waals surface area contributed by atoms with E-state index in [2.05, 4.69) is 0 Å². The zero-order chi connectivity index (χ0) is 18.7. The molecule has 26 heavy (non-hydrogen) atoms. The van der Waals surface area contributed by atoms with Gasteiger partial charge in [-0.15, -0.1) is 0 Å². The smallest absolute Gasteiger partial charge is 0.266 e. The molecular formula is C20H19NO3S2. The molecule has 1 aliphatic heterocycles. The van der Waals surface area contributed by atoms with Crippen molar-refractivity contribution in [3.05, 3.63) is 64.6 Å². The summed E-state index contributed by atoms with van der Waals surface area (Å²) in [6.07, 6.45) is 1.83. The highest BCUT2D eigenvalue weighted by Crippen LogP contribution is 2.38. The fraction of sp³-hybridized carbons (Fsp3) is 0.200. The van der Waals surface area contributed by atoms with E-state index in [-0.39, 0.29) is 11.9 Å². The van der Waals surface area contributed by atoms with Crippen LogP contribution in [0.2, 0.25) is 0 Å². The van der Waals surface area contributed by atoms with Crippen molar-refractivity contribution in [2.75, 3.05) is 14.2 Å². The molecule has 1 aliphatic rings. The summed E-state index contributed by atoms with van der Waals surface area (Å²) in [4.78, 5) is 15.2. The van der Waals surface area contributed by atoms with Gasteiger partial charge in [-0.25, -0.2) is 0 Å². The second-order valence-corrected chi connectivity index (χ2v) is 7.43. The molecule has 2 aromatic rings. The third-order valence-corrected chi connectivity index (χ3v) is 5.53. The first-order chi connectivity index (χ1) is 12.5. The van der Waals surface area contributed by atoms with E-state index in [9.17, 15) is 4.79 Å². The van der Waals surface area contributed by atoms with E-state index >= 15 is 0 Å². The molecule has 1 saturated heterocycles. The Morgan fingerprint density at radius 2 is 1.77 bits per heavy atom. The minimum absolute atomic E-state index is 0.0777. The summed E-state index contributed by atoms with van der Waals surface area (Å²) in [5.74, 6) is 1.19. The van der Waals surface area contributed by atoms with E-state index < -0.39 is 0 Å². The molecular weight excluding hydrogens is 366 g/mol. The van der Waals surface area contributed by atoms with Gasteiger partial charge < -0.3 is 9.47 Å². The zero-order valence-corrected chi connectivity index (χ0v) is 16.4. The van der Waals surface area contributed by atoms with Crippen molar-refractivity contribution in [2.45, 2.75) is 13.0 Å². The van der Waals surface area contributed by atoms with Crippen molar-refractivity contribution in [3.8, 4) is 11.5 Å². The second kappa shape index (κ2) is 7.93. The normalized spacial score (nSPS) is 16.9. The maximum atomic E-state index is 12.9. The molecule has 134 valence electrons. The molecule has 4 nitrogen and oxygen atoms in total. The van der Waals surface area contributed by atoms with Gasteiger partial charge in [0.1, 0.15) is 4.32 Å². The Hall–Kier alpha value is -2.31. The minimum atomic E-state index is -0.111. The molecule has 1 atom stereocenters. The molecule has 0 bridgehead atoms. The Labute approximate surface area is 162 Å².